The molecule has 1 amide bonds. The van der Waals surface area contributed by atoms with Crippen LogP contribution in [-0.2, 0) is 9.59 Å². The van der Waals surface area contributed by atoms with Crippen molar-refractivity contribution in [2.45, 2.75) is 37.1 Å². The molecule has 0 fully saturated rings. The number of carbonyl (C=O) groups is 2. The van der Waals surface area contributed by atoms with Crippen LogP contribution >= 0.6 is 11.8 Å². The molecule has 0 spiro atoms. The van der Waals surface area contributed by atoms with E-state index in [2.05, 4.69) is 5.32 Å². The summed E-state index contributed by atoms with van der Waals surface area (Å²) in [7, 11) is 0. The van der Waals surface area contributed by atoms with Crippen molar-refractivity contribution in [3.8, 4) is 0 Å². The minimum atomic E-state index is -0.884. The maximum absolute atomic E-state index is 11.7. The van der Waals surface area contributed by atoms with Crippen molar-refractivity contribution in [2.24, 2.45) is 0 Å². The van der Waals surface area contributed by atoms with Gasteiger partial charge in [0.05, 0.1) is 6.42 Å². The highest BCUT2D eigenvalue weighted by molar-refractivity contribution is 7.99. The molecule has 104 valence electrons. The van der Waals surface area contributed by atoms with E-state index in [4.69, 9.17) is 5.11 Å². The van der Waals surface area contributed by atoms with Gasteiger partial charge in [0.25, 0.3) is 0 Å². The highest BCUT2D eigenvalue weighted by atomic mass is 32.2. The smallest absolute Gasteiger partial charge is 0.305 e. The number of carboxylic acid groups (broad SMARTS) is 1. The lowest BCUT2D eigenvalue weighted by Crippen LogP contribution is -2.36. The Morgan fingerprint density at radius 2 is 2.00 bits per heavy atom. The van der Waals surface area contributed by atoms with Gasteiger partial charge in [0, 0.05) is 23.1 Å². The van der Waals surface area contributed by atoms with Crippen molar-refractivity contribution in [3.63, 3.8) is 0 Å². The molecule has 0 bridgehead atoms. The van der Waals surface area contributed by atoms with Crippen LogP contribution in [-0.4, -0.2) is 28.8 Å². The Labute approximate surface area is 117 Å². The van der Waals surface area contributed by atoms with Crippen LogP contribution in [0.15, 0.2) is 35.2 Å². The van der Waals surface area contributed by atoms with Crippen molar-refractivity contribution in [1.82, 2.24) is 5.32 Å². The molecule has 19 heavy (non-hydrogen) atoms. The van der Waals surface area contributed by atoms with E-state index in [-0.39, 0.29) is 18.4 Å². The standard InChI is InChI=1S/C14H19NO3S/c1-2-11(10-14(17)18)15-13(16)8-9-19-12-6-4-3-5-7-12/h3-7,11H,2,8-10H2,1H3,(H,15,16)(H,17,18). The van der Waals surface area contributed by atoms with Gasteiger partial charge in [0.15, 0.2) is 0 Å². The molecule has 1 atom stereocenters. The van der Waals surface area contributed by atoms with E-state index in [9.17, 15) is 9.59 Å². The van der Waals surface area contributed by atoms with Gasteiger partial charge >= 0.3 is 5.97 Å². The first-order valence-corrected chi connectivity index (χ1v) is 7.29. The third-order valence-electron chi connectivity index (χ3n) is 2.62. The number of carboxylic acids is 1. The van der Waals surface area contributed by atoms with Crippen LogP contribution in [0.1, 0.15) is 26.2 Å². The van der Waals surface area contributed by atoms with Crippen molar-refractivity contribution < 1.29 is 14.7 Å². The molecular formula is C14H19NO3S. The molecule has 1 aromatic rings. The summed E-state index contributed by atoms with van der Waals surface area (Å²) in [6, 6.07) is 9.61. The van der Waals surface area contributed by atoms with Gasteiger partial charge < -0.3 is 10.4 Å². The van der Waals surface area contributed by atoms with Crippen LogP contribution in [0.25, 0.3) is 0 Å². The third-order valence-corrected chi connectivity index (χ3v) is 3.63. The fraction of sp³-hybridized carbons (Fsp3) is 0.429. The molecule has 1 unspecified atom stereocenters. The summed E-state index contributed by atoms with van der Waals surface area (Å²) >= 11 is 1.62. The number of nitrogens with one attached hydrogen (secondary N) is 1. The average Bonchev–Trinajstić information content (AvgIpc) is 2.38. The molecule has 1 rings (SSSR count). The highest BCUT2D eigenvalue weighted by Gasteiger charge is 2.13. The minimum Gasteiger partial charge on any atom is -0.481 e. The third kappa shape index (κ3) is 6.86. The zero-order valence-electron chi connectivity index (χ0n) is 11.0. The number of hydrogen-bond acceptors (Lipinski definition) is 3. The van der Waals surface area contributed by atoms with Gasteiger partial charge in [-0.25, -0.2) is 0 Å². The molecule has 4 nitrogen and oxygen atoms in total. The molecule has 0 saturated carbocycles. The number of hydrogen-bond donors (Lipinski definition) is 2. The molecule has 0 radical (unpaired) electrons. The quantitative estimate of drug-likeness (QED) is 0.719. The summed E-state index contributed by atoms with van der Waals surface area (Å²) in [5.74, 6) is -0.276. The van der Waals surface area contributed by atoms with Crippen molar-refractivity contribution in [3.05, 3.63) is 30.3 Å². The number of thioether (sulfide) groups is 1. The lowest BCUT2D eigenvalue weighted by Gasteiger charge is -2.14. The predicted molar refractivity (Wildman–Crippen MR) is 76.3 cm³/mol. The van der Waals surface area contributed by atoms with Gasteiger partial charge in [-0.1, -0.05) is 25.1 Å². The van der Waals surface area contributed by atoms with E-state index in [1.165, 1.54) is 0 Å². The molecule has 0 aliphatic rings. The van der Waals surface area contributed by atoms with E-state index in [0.29, 0.717) is 18.6 Å². The summed E-state index contributed by atoms with van der Waals surface area (Å²) < 4.78 is 0. The molecule has 0 heterocycles. The Hall–Kier alpha value is -1.49. The largest absolute Gasteiger partial charge is 0.481 e. The van der Waals surface area contributed by atoms with Crippen LogP contribution < -0.4 is 5.32 Å². The highest BCUT2D eigenvalue weighted by Crippen LogP contribution is 2.17. The van der Waals surface area contributed by atoms with Gasteiger partial charge in [0.1, 0.15) is 0 Å². The average molecular weight is 281 g/mol. The fourth-order valence-electron chi connectivity index (χ4n) is 1.59. The zero-order valence-corrected chi connectivity index (χ0v) is 11.8. The second-order valence-electron chi connectivity index (χ2n) is 4.18. The summed E-state index contributed by atoms with van der Waals surface area (Å²) in [6.07, 6.45) is 1.01. The molecule has 0 aliphatic carbocycles. The number of aliphatic carboxylic acids is 1. The number of benzene rings is 1. The molecular weight excluding hydrogens is 262 g/mol. The molecule has 0 aromatic heterocycles. The predicted octanol–water partition coefficient (Wildman–Crippen LogP) is 2.54. The SMILES string of the molecule is CCC(CC(=O)O)NC(=O)CCSc1ccccc1. The lowest BCUT2D eigenvalue weighted by molar-refractivity contribution is -0.137. The molecule has 5 heteroatoms. The molecule has 0 aliphatic heterocycles. The first kappa shape index (κ1) is 15.6. The van der Waals surface area contributed by atoms with Crippen molar-refractivity contribution in [2.75, 3.05) is 5.75 Å². The Bertz CT molecular complexity index is 408. The van der Waals surface area contributed by atoms with Crippen LogP contribution in [0.3, 0.4) is 0 Å². The normalized spacial score (nSPS) is 11.8. The van der Waals surface area contributed by atoms with Gasteiger partial charge in [-0.05, 0) is 18.6 Å². The molecule has 1 aromatic carbocycles. The summed E-state index contributed by atoms with van der Waals surface area (Å²) in [5, 5.41) is 11.4. The second-order valence-corrected chi connectivity index (χ2v) is 5.35. The van der Waals surface area contributed by atoms with E-state index in [1.807, 2.05) is 37.3 Å². The Kier molecular flexibility index (Phi) is 7.03. The van der Waals surface area contributed by atoms with Gasteiger partial charge in [-0.2, -0.15) is 0 Å². The van der Waals surface area contributed by atoms with E-state index in [0.717, 1.165) is 4.90 Å². The van der Waals surface area contributed by atoms with Crippen LogP contribution in [0.2, 0.25) is 0 Å². The lowest BCUT2D eigenvalue weighted by atomic mass is 10.1. The number of amides is 1. The van der Waals surface area contributed by atoms with Crippen LogP contribution in [0, 0.1) is 0 Å². The van der Waals surface area contributed by atoms with E-state index < -0.39 is 5.97 Å². The van der Waals surface area contributed by atoms with Crippen molar-refractivity contribution in [1.29, 1.82) is 0 Å². The van der Waals surface area contributed by atoms with Gasteiger partial charge in [0.2, 0.25) is 5.91 Å². The monoisotopic (exact) mass is 281 g/mol. The topological polar surface area (TPSA) is 66.4 Å². The molecule has 0 saturated heterocycles. The number of carbonyl (C=O) groups excluding carboxylic acids is 1. The van der Waals surface area contributed by atoms with Gasteiger partial charge in [-0.15, -0.1) is 11.8 Å². The first-order valence-electron chi connectivity index (χ1n) is 6.30. The summed E-state index contributed by atoms with van der Waals surface area (Å²) in [5.41, 5.74) is 0. The van der Waals surface area contributed by atoms with Gasteiger partial charge in [-0.3, -0.25) is 9.59 Å². The summed E-state index contributed by atoms with van der Waals surface area (Å²) in [4.78, 5) is 23.4. The maximum atomic E-state index is 11.7. The van der Waals surface area contributed by atoms with Crippen LogP contribution in [0.4, 0.5) is 0 Å². The van der Waals surface area contributed by atoms with E-state index in [1.54, 1.807) is 11.8 Å². The van der Waals surface area contributed by atoms with E-state index >= 15 is 0 Å². The summed E-state index contributed by atoms with van der Waals surface area (Å²) in [6.45, 7) is 1.87. The second kappa shape index (κ2) is 8.58. The zero-order chi connectivity index (χ0) is 14.1. The molecule has 2 N–H and O–H groups in total. The Morgan fingerprint density at radius 3 is 2.58 bits per heavy atom. The maximum Gasteiger partial charge on any atom is 0.305 e. The van der Waals surface area contributed by atoms with Crippen molar-refractivity contribution >= 4 is 23.6 Å². The first-order chi connectivity index (χ1) is 9.11. The minimum absolute atomic E-state index is 0.0198. The Morgan fingerprint density at radius 1 is 1.32 bits per heavy atom. The Balaban J connectivity index is 2.25. The number of rotatable bonds is 8. The van der Waals surface area contributed by atoms with Crippen LogP contribution in [0.5, 0.6) is 0 Å². The fourth-order valence-corrected chi connectivity index (χ4v) is 2.46.